The highest BCUT2D eigenvalue weighted by molar-refractivity contribution is 5.88. The van der Waals surface area contributed by atoms with Crippen molar-refractivity contribution in [2.24, 2.45) is 5.73 Å². The van der Waals surface area contributed by atoms with Crippen LogP contribution in [0.25, 0.3) is 10.8 Å². The Balaban J connectivity index is 1.76. The second-order valence-corrected chi connectivity index (χ2v) is 4.41. The van der Waals surface area contributed by atoms with E-state index in [1.807, 2.05) is 30.3 Å². The first kappa shape index (κ1) is 12.6. The maximum absolute atomic E-state index is 5.78. The Morgan fingerprint density at radius 3 is 2.85 bits per heavy atom. The number of aromatic nitrogens is 2. The van der Waals surface area contributed by atoms with Gasteiger partial charge >= 0.3 is 0 Å². The fourth-order valence-corrected chi connectivity index (χ4v) is 2.04. The molecule has 0 fully saturated rings. The minimum atomic E-state index is 0.280. The summed E-state index contributed by atoms with van der Waals surface area (Å²) in [4.78, 5) is 4.21. The first-order valence-electron chi connectivity index (χ1n) is 6.49. The largest absolute Gasteiger partial charge is 0.485 e. The van der Waals surface area contributed by atoms with Crippen molar-refractivity contribution in [1.82, 2.24) is 10.1 Å². The van der Waals surface area contributed by atoms with E-state index in [-0.39, 0.29) is 6.61 Å². The third-order valence-electron chi connectivity index (χ3n) is 2.97. The average molecular weight is 269 g/mol. The molecule has 0 radical (unpaired) electrons. The third kappa shape index (κ3) is 2.62. The van der Waals surface area contributed by atoms with E-state index in [9.17, 15) is 0 Å². The lowest BCUT2D eigenvalue weighted by atomic mass is 10.1. The van der Waals surface area contributed by atoms with Crippen molar-refractivity contribution in [3.8, 4) is 5.75 Å². The summed E-state index contributed by atoms with van der Waals surface area (Å²) in [6.45, 7) is 0.772. The van der Waals surface area contributed by atoms with Crippen molar-refractivity contribution in [2.75, 3.05) is 6.54 Å². The minimum absolute atomic E-state index is 0.280. The molecule has 5 nitrogen and oxygen atoms in total. The summed E-state index contributed by atoms with van der Waals surface area (Å²) in [5.41, 5.74) is 5.44. The molecule has 0 aliphatic heterocycles. The fraction of sp³-hybridized carbons (Fsp3) is 0.200. The fourth-order valence-electron chi connectivity index (χ4n) is 2.04. The summed E-state index contributed by atoms with van der Waals surface area (Å²) >= 11 is 0. The van der Waals surface area contributed by atoms with E-state index in [4.69, 9.17) is 15.0 Å². The summed E-state index contributed by atoms with van der Waals surface area (Å²) in [7, 11) is 0. The van der Waals surface area contributed by atoms with Gasteiger partial charge in [-0.15, -0.1) is 0 Å². The quantitative estimate of drug-likeness (QED) is 0.769. The van der Waals surface area contributed by atoms with E-state index in [0.717, 1.165) is 16.5 Å². The van der Waals surface area contributed by atoms with Crippen LogP contribution in [0.5, 0.6) is 5.75 Å². The molecule has 20 heavy (non-hydrogen) atoms. The predicted octanol–water partition coefficient (Wildman–Crippen LogP) is 2.30. The number of rotatable bonds is 5. The van der Waals surface area contributed by atoms with Crippen LogP contribution in [0.15, 0.2) is 47.0 Å². The lowest BCUT2D eigenvalue weighted by Crippen LogP contribution is -2.03. The zero-order valence-corrected chi connectivity index (χ0v) is 11.0. The van der Waals surface area contributed by atoms with Gasteiger partial charge in [-0.2, -0.15) is 4.98 Å². The van der Waals surface area contributed by atoms with Gasteiger partial charge in [0.15, 0.2) is 6.61 Å². The minimum Gasteiger partial charge on any atom is -0.485 e. The number of nitrogens with zero attached hydrogens (tertiary/aromatic N) is 2. The number of fused-ring (bicyclic) bond motifs is 1. The summed E-state index contributed by atoms with van der Waals surface area (Å²) in [5, 5.41) is 6.07. The molecule has 1 heterocycles. The van der Waals surface area contributed by atoms with Gasteiger partial charge in [-0.25, -0.2) is 0 Å². The molecular weight excluding hydrogens is 254 g/mol. The van der Waals surface area contributed by atoms with Crippen molar-refractivity contribution in [2.45, 2.75) is 13.0 Å². The number of ether oxygens (including phenoxy) is 1. The molecule has 0 unspecified atom stereocenters. The Hall–Kier alpha value is -2.40. The van der Waals surface area contributed by atoms with Gasteiger partial charge in [0.2, 0.25) is 11.7 Å². The van der Waals surface area contributed by atoms with Crippen LogP contribution in [-0.2, 0) is 13.0 Å². The molecule has 102 valence electrons. The van der Waals surface area contributed by atoms with Gasteiger partial charge in [0.05, 0.1) is 0 Å². The molecule has 2 N–H and O–H groups in total. The van der Waals surface area contributed by atoms with Crippen LogP contribution >= 0.6 is 0 Å². The number of benzene rings is 2. The van der Waals surface area contributed by atoms with Crippen LogP contribution in [0, 0.1) is 0 Å². The van der Waals surface area contributed by atoms with E-state index in [0.29, 0.717) is 24.7 Å². The second-order valence-electron chi connectivity index (χ2n) is 4.41. The van der Waals surface area contributed by atoms with Crippen LogP contribution in [-0.4, -0.2) is 16.7 Å². The molecule has 0 saturated heterocycles. The molecule has 3 aromatic rings. The van der Waals surface area contributed by atoms with Crippen molar-refractivity contribution in [1.29, 1.82) is 0 Å². The molecule has 0 bridgehead atoms. The highest BCUT2D eigenvalue weighted by atomic mass is 16.5. The van der Waals surface area contributed by atoms with Crippen molar-refractivity contribution >= 4 is 10.8 Å². The van der Waals surface area contributed by atoms with Gasteiger partial charge < -0.3 is 15.0 Å². The maximum Gasteiger partial charge on any atom is 0.228 e. The summed E-state index contributed by atoms with van der Waals surface area (Å²) < 4.78 is 10.8. The lowest BCUT2D eigenvalue weighted by Gasteiger charge is -2.07. The zero-order chi connectivity index (χ0) is 13.8. The molecule has 0 saturated carbocycles. The number of nitrogens with two attached hydrogens (primary N) is 1. The van der Waals surface area contributed by atoms with Crippen molar-refractivity contribution in [3.05, 3.63) is 54.2 Å². The van der Waals surface area contributed by atoms with Crippen LogP contribution in [0.1, 0.15) is 11.7 Å². The number of hydrogen-bond donors (Lipinski definition) is 1. The Morgan fingerprint density at radius 2 is 1.95 bits per heavy atom. The normalized spacial score (nSPS) is 10.8. The highest BCUT2D eigenvalue weighted by Gasteiger charge is 2.07. The van der Waals surface area contributed by atoms with Crippen LogP contribution in [0.4, 0.5) is 0 Å². The third-order valence-corrected chi connectivity index (χ3v) is 2.97. The maximum atomic E-state index is 5.78. The van der Waals surface area contributed by atoms with Gasteiger partial charge in [-0.3, -0.25) is 0 Å². The summed E-state index contributed by atoms with van der Waals surface area (Å²) in [5.74, 6) is 1.89. The van der Waals surface area contributed by atoms with Crippen LogP contribution in [0.3, 0.4) is 0 Å². The standard InChI is InChI=1S/C15H15N3O2/c16-9-8-15-17-14(18-20-15)10-19-13-7-3-5-11-4-1-2-6-12(11)13/h1-7H,8-10,16H2. The highest BCUT2D eigenvalue weighted by Crippen LogP contribution is 2.25. The van der Waals surface area contributed by atoms with Crippen molar-refractivity contribution in [3.63, 3.8) is 0 Å². The van der Waals surface area contributed by atoms with Crippen LogP contribution < -0.4 is 10.5 Å². The summed E-state index contributed by atoms with van der Waals surface area (Å²) in [6.07, 6.45) is 0.585. The predicted molar refractivity (Wildman–Crippen MR) is 75.3 cm³/mol. The molecule has 0 aliphatic carbocycles. The molecule has 0 amide bonds. The molecule has 2 aromatic carbocycles. The molecule has 0 atom stereocenters. The zero-order valence-electron chi connectivity index (χ0n) is 11.0. The molecule has 0 spiro atoms. The molecule has 3 rings (SSSR count). The average Bonchev–Trinajstić information content (AvgIpc) is 2.93. The SMILES string of the molecule is NCCc1nc(COc2cccc3ccccc23)no1. The van der Waals surface area contributed by atoms with E-state index >= 15 is 0 Å². The van der Waals surface area contributed by atoms with Gasteiger partial charge in [0.25, 0.3) is 0 Å². The molecule has 1 aromatic heterocycles. The van der Waals surface area contributed by atoms with E-state index in [1.54, 1.807) is 0 Å². The Labute approximate surface area is 116 Å². The van der Waals surface area contributed by atoms with E-state index < -0.39 is 0 Å². The van der Waals surface area contributed by atoms with Gasteiger partial charge in [-0.1, -0.05) is 41.6 Å². The van der Waals surface area contributed by atoms with Gasteiger partial charge in [0, 0.05) is 18.4 Å². The summed E-state index contributed by atoms with van der Waals surface area (Å²) in [6, 6.07) is 14.0. The molecular formula is C15H15N3O2. The molecule has 5 heteroatoms. The lowest BCUT2D eigenvalue weighted by molar-refractivity contribution is 0.288. The first-order chi connectivity index (χ1) is 9.86. The van der Waals surface area contributed by atoms with Crippen molar-refractivity contribution < 1.29 is 9.26 Å². The van der Waals surface area contributed by atoms with Gasteiger partial charge in [-0.05, 0) is 11.5 Å². The monoisotopic (exact) mass is 269 g/mol. The Bertz CT molecular complexity index is 704. The smallest absolute Gasteiger partial charge is 0.228 e. The van der Waals surface area contributed by atoms with E-state index in [1.165, 1.54) is 0 Å². The Morgan fingerprint density at radius 1 is 1.10 bits per heavy atom. The van der Waals surface area contributed by atoms with E-state index in [2.05, 4.69) is 22.3 Å². The second kappa shape index (κ2) is 5.71. The Kier molecular flexibility index (Phi) is 3.60. The van der Waals surface area contributed by atoms with Crippen LogP contribution in [0.2, 0.25) is 0 Å². The number of hydrogen-bond acceptors (Lipinski definition) is 5. The topological polar surface area (TPSA) is 74.2 Å². The molecule has 0 aliphatic rings. The first-order valence-corrected chi connectivity index (χ1v) is 6.49. The van der Waals surface area contributed by atoms with Gasteiger partial charge in [0.1, 0.15) is 5.75 Å².